The van der Waals surface area contributed by atoms with E-state index in [-0.39, 0.29) is 20.9 Å². The normalized spacial score (nSPS) is 9.33. The van der Waals surface area contributed by atoms with E-state index < -0.39 is 0 Å². The van der Waals surface area contributed by atoms with Crippen molar-refractivity contribution in [2.75, 3.05) is 0 Å². The van der Waals surface area contributed by atoms with Gasteiger partial charge in [0.05, 0.1) is 0 Å². The first-order chi connectivity index (χ1) is 5.86. The molecule has 0 atom stereocenters. The Morgan fingerprint density at radius 1 is 1.33 bits per heavy atom. The number of nitriles is 1. The Labute approximate surface area is 83.5 Å². The summed E-state index contributed by atoms with van der Waals surface area (Å²) in [7, 11) is 0. The molecule has 12 heavy (non-hydrogen) atoms. The van der Waals surface area contributed by atoms with Gasteiger partial charge in [-0.15, -0.1) is 0 Å². The predicted octanol–water partition coefficient (Wildman–Crippen LogP) is 2.27. The van der Waals surface area contributed by atoms with Crippen LogP contribution in [-0.2, 0) is 6.42 Å². The van der Waals surface area contributed by atoms with E-state index >= 15 is 0 Å². The van der Waals surface area contributed by atoms with Crippen LogP contribution in [0.4, 0.5) is 0 Å². The van der Waals surface area contributed by atoms with Gasteiger partial charge in [0.25, 0.3) is 0 Å². The summed E-state index contributed by atoms with van der Waals surface area (Å²) in [6, 6.07) is 10.0. The molecule has 2 heteroatoms. The van der Waals surface area contributed by atoms with Crippen LogP contribution in [0.5, 0.6) is 0 Å². The fourth-order valence-corrected chi connectivity index (χ4v) is 2.22. The van der Waals surface area contributed by atoms with Gasteiger partial charge in [0.15, 0.2) is 0 Å². The summed E-state index contributed by atoms with van der Waals surface area (Å²) < 4.78 is 1.36. The molecule has 0 unspecified atom stereocenters. The van der Waals surface area contributed by atoms with Crippen molar-refractivity contribution < 1.29 is 0 Å². The molecule has 0 heterocycles. The molecule has 1 aromatic carbocycles. The monoisotopic (exact) mass is 275 g/mol. The van der Waals surface area contributed by atoms with Crippen molar-refractivity contribution in [3.63, 3.8) is 0 Å². The second kappa shape index (κ2) is 5.20. The molecule has 0 aliphatic carbocycles. The molecular formula is C10H11NTe. The first kappa shape index (κ1) is 9.59. The van der Waals surface area contributed by atoms with E-state index in [0.29, 0.717) is 0 Å². The van der Waals surface area contributed by atoms with Crippen molar-refractivity contribution >= 4 is 20.9 Å². The number of benzene rings is 1. The van der Waals surface area contributed by atoms with Crippen LogP contribution >= 0.6 is 0 Å². The topological polar surface area (TPSA) is 23.8 Å². The van der Waals surface area contributed by atoms with Gasteiger partial charge in [0.2, 0.25) is 0 Å². The van der Waals surface area contributed by atoms with Crippen LogP contribution in [0.2, 0.25) is 9.44 Å². The van der Waals surface area contributed by atoms with E-state index in [1.165, 1.54) is 16.5 Å². The molecule has 1 rings (SSSR count). The third kappa shape index (κ3) is 2.86. The average molecular weight is 273 g/mol. The van der Waals surface area contributed by atoms with E-state index in [1.807, 2.05) is 12.1 Å². The van der Waals surface area contributed by atoms with Crippen LogP contribution in [0, 0.1) is 11.3 Å². The van der Waals surface area contributed by atoms with Crippen molar-refractivity contribution in [3.8, 4) is 6.07 Å². The van der Waals surface area contributed by atoms with Gasteiger partial charge < -0.3 is 0 Å². The third-order valence-electron chi connectivity index (χ3n) is 1.68. The standard InChI is InChI=1S/C10H11NTe/c1-12-7-6-9-2-4-10(8-11)5-3-9/h2-5H,6-7H2,1H3. The van der Waals surface area contributed by atoms with Crippen LogP contribution in [0.15, 0.2) is 24.3 Å². The van der Waals surface area contributed by atoms with Crippen LogP contribution in [0.1, 0.15) is 11.1 Å². The van der Waals surface area contributed by atoms with Gasteiger partial charge in [-0.1, -0.05) is 0 Å². The summed E-state index contributed by atoms with van der Waals surface area (Å²) in [6.45, 7) is 0. The Bertz CT molecular complexity index is 271. The fraction of sp³-hybridized carbons (Fsp3) is 0.300. The summed E-state index contributed by atoms with van der Waals surface area (Å²) in [5.74, 6) is 0. The van der Waals surface area contributed by atoms with Crippen molar-refractivity contribution in [1.82, 2.24) is 0 Å². The predicted molar refractivity (Wildman–Crippen MR) is 51.3 cm³/mol. The summed E-state index contributed by atoms with van der Waals surface area (Å²) >= 11 is 0.256. The molecule has 0 radical (unpaired) electrons. The summed E-state index contributed by atoms with van der Waals surface area (Å²) in [5, 5.41) is 8.56. The van der Waals surface area contributed by atoms with Gasteiger partial charge >= 0.3 is 83.5 Å². The van der Waals surface area contributed by atoms with Gasteiger partial charge in [-0.25, -0.2) is 0 Å². The summed E-state index contributed by atoms with van der Waals surface area (Å²) in [5.41, 5.74) is 2.12. The van der Waals surface area contributed by atoms with Crippen molar-refractivity contribution in [2.24, 2.45) is 0 Å². The van der Waals surface area contributed by atoms with Crippen LogP contribution < -0.4 is 0 Å². The van der Waals surface area contributed by atoms with E-state index in [1.54, 1.807) is 0 Å². The Morgan fingerprint density at radius 2 is 2.00 bits per heavy atom. The van der Waals surface area contributed by atoms with Crippen LogP contribution in [0.25, 0.3) is 0 Å². The molecule has 0 aromatic heterocycles. The molecule has 1 nitrogen and oxygen atoms in total. The van der Waals surface area contributed by atoms with Gasteiger partial charge in [0.1, 0.15) is 0 Å². The number of hydrogen-bond donors (Lipinski definition) is 0. The van der Waals surface area contributed by atoms with Gasteiger partial charge in [-0.05, 0) is 0 Å². The third-order valence-corrected chi connectivity index (χ3v) is 3.43. The molecule has 1 aromatic rings. The van der Waals surface area contributed by atoms with Gasteiger partial charge in [-0.3, -0.25) is 0 Å². The SMILES string of the molecule is C[Te]CCc1ccc(C#N)cc1. The minimum absolute atomic E-state index is 0.256. The van der Waals surface area contributed by atoms with Gasteiger partial charge in [-0.2, -0.15) is 0 Å². The fourth-order valence-electron chi connectivity index (χ4n) is 0.966. The molecule has 0 N–H and O–H groups in total. The average Bonchev–Trinajstić information content (AvgIpc) is 2.15. The first-order valence-corrected chi connectivity index (χ1v) is 7.82. The summed E-state index contributed by atoms with van der Waals surface area (Å²) in [4.78, 5) is 2.31. The molecule has 0 saturated carbocycles. The molecule has 0 fully saturated rings. The quantitative estimate of drug-likeness (QED) is 0.775. The van der Waals surface area contributed by atoms with E-state index in [4.69, 9.17) is 5.26 Å². The molecular weight excluding hydrogens is 262 g/mol. The maximum absolute atomic E-state index is 8.56. The molecule has 62 valence electrons. The van der Waals surface area contributed by atoms with E-state index in [2.05, 4.69) is 23.2 Å². The van der Waals surface area contributed by atoms with Crippen molar-refractivity contribution in [3.05, 3.63) is 35.4 Å². The zero-order valence-corrected chi connectivity index (χ0v) is 9.41. The zero-order chi connectivity index (χ0) is 8.81. The summed E-state index contributed by atoms with van der Waals surface area (Å²) in [6.07, 6.45) is 1.18. The zero-order valence-electron chi connectivity index (χ0n) is 7.08. The Kier molecular flexibility index (Phi) is 4.15. The Morgan fingerprint density at radius 3 is 2.50 bits per heavy atom. The van der Waals surface area contributed by atoms with E-state index in [9.17, 15) is 0 Å². The Hall–Kier alpha value is -0.500. The number of nitrogens with zero attached hydrogens (tertiary/aromatic N) is 1. The molecule has 0 saturated heterocycles. The number of aryl methyl sites for hydroxylation is 1. The first-order valence-electron chi connectivity index (χ1n) is 3.85. The number of hydrogen-bond acceptors (Lipinski definition) is 1. The second-order valence-corrected chi connectivity index (χ2v) is 5.36. The Balaban J connectivity index is 2.60. The van der Waals surface area contributed by atoms with Crippen LogP contribution in [-0.4, -0.2) is 20.9 Å². The minimum atomic E-state index is 0.256. The second-order valence-electron chi connectivity index (χ2n) is 2.55. The van der Waals surface area contributed by atoms with Crippen LogP contribution in [0.3, 0.4) is 0 Å². The maximum atomic E-state index is 8.56. The van der Waals surface area contributed by atoms with Crippen molar-refractivity contribution in [1.29, 1.82) is 5.26 Å². The number of rotatable bonds is 3. The van der Waals surface area contributed by atoms with E-state index in [0.717, 1.165) is 5.56 Å². The molecule has 0 bridgehead atoms. The molecule has 0 spiro atoms. The molecule has 0 aliphatic heterocycles. The molecule has 0 amide bonds. The van der Waals surface area contributed by atoms with Crippen molar-refractivity contribution in [2.45, 2.75) is 15.9 Å². The van der Waals surface area contributed by atoms with Gasteiger partial charge in [0, 0.05) is 0 Å². The molecule has 0 aliphatic rings.